The third-order valence-corrected chi connectivity index (χ3v) is 4.22. The Bertz CT molecular complexity index is 530. The molecule has 0 aliphatic carbocycles. The summed E-state index contributed by atoms with van der Waals surface area (Å²) in [7, 11) is -3.52. The molecule has 0 aliphatic heterocycles. The Morgan fingerprint density at radius 1 is 1.33 bits per heavy atom. The van der Waals surface area contributed by atoms with E-state index in [9.17, 15) is 13.2 Å². The van der Waals surface area contributed by atoms with Crippen LogP contribution >= 0.6 is 0 Å². The van der Waals surface area contributed by atoms with Gasteiger partial charge in [-0.2, -0.15) is 0 Å². The second kappa shape index (κ2) is 8.76. The molecule has 118 valence electrons. The topological polar surface area (TPSA) is 92.7 Å². The molecule has 0 amide bonds. The van der Waals surface area contributed by atoms with Crippen LogP contribution in [0.4, 0.5) is 0 Å². The molecule has 1 aromatic carbocycles. The van der Waals surface area contributed by atoms with E-state index < -0.39 is 22.0 Å². The number of ether oxygens (including phenoxy) is 1. The van der Waals surface area contributed by atoms with Gasteiger partial charge in [0.15, 0.2) is 0 Å². The predicted octanol–water partition coefficient (Wildman–Crippen LogP) is 1.55. The van der Waals surface area contributed by atoms with E-state index in [-0.39, 0.29) is 25.2 Å². The lowest BCUT2D eigenvalue weighted by Gasteiger charge is -2.18. The highest BCUT2D eigenvalue weighted by Crippen LogP contribution is 2.19. The van der Waals surface area contributed by atoms with Crippen molar-refractivity contribution in [2.24, 2.45) is 0 Å². The normalized spacial score (nSPS) is 13.0. The first-order valence-electron chi connectivity index (χ1n) is 6.79. The van der Waals surface area contributed by atoms with Crippen molar-refractivity contribution in [1.29, 1.82) is 0 Å². The minimum atomic E-state index is -3.52. The van der Waals surface area contributed by atoms with E-state index in [1.165, 1.54) is 0 Å². The summed E-state index contributed by atoms with van der Waals surface area (Å²) >= 11 is 0. The Morgan fingerprint density at radius 2 is 2.00 bits per heavy atom. The molecule has 1 aromatic rings. The summed E-state index contributed by atoms with van der Waals surface area (Å²) in [6.45, 7) is 2.36. The van der Waals surface area contributed by atoms with Gasteiger partial charge in [-0.15, -0.1) is 0 Å². The largest absolute Gasteiger partial charge is 0.481 e. The highest BCUT2D eigenvalue weighted by Gasteiger charge is 2.20. The molecule has 0 saturated carbocycles. The number of carboxylic acids is 1. The fourth-order valence-electron chi connectivity index (χ4n) is 1.84. The fraction of sp³-hybridized carbons (Fsp3) is 0.500. The predicted molar refractivity (Wildman–Crippen MR) is 79.5 cm³/mol. The Balaban J connectivity index is 2.75. The molecular formula is C14H21NO5S. The zero-order valence-electron chi connectivity index (χ0n) is 12.0. The molecular weight excluding hydrogens is 294 g/mol. The van der Waals surface area contributed by atoms with Crippen LogP contribution in [0, 0.1) is 0 Å². The van der Waals surface area contributed by atoms with E-state index in [2.05, 4.69) is 4.72 Å². The molecule has 6 nitrogen and oxygen atoms in total. The van der Waals surface area contributed by atoms with Gasteiger partial charge >= 0.3 is 5.97 Å². The summed E-state index contributed by atoms with van der Waals surface area (Å²) in [5.74, 6) is -1.10. The van der Waals surface area contributed by atoms with E-state index in [1.54, 1.807) is 31.2 Å². The van der Waals surface area contributed by atoms with E-state index >= 15 is 0 Å². The van der Waals surface area contributed by atoms with Crippen LogP contribution in [0.1, 0.15) is 31.4 Å². The molecule has 0 radical (unpaired) electrons. The molecule has 0 aliphatic rings. The standard InChI is InChI=1S/C14H21NO5S/c1-2-20-10-11-21(18,19)15-13(8-9-14(16)17)12-6-4-3-5-7-12/h3-7,13,15H,2,8-11H2,1H3,(H,16,17). The van der Waals surface area contributed by atoms with Gasteiger partial charge < -0.3 is 9.84 Å². The monoisotopic (exact) mass is 315 g/mol. The van der Waals surface area contributed by atoms with E-state index in [4.69, 9.17) is 9.84 Å². The fourth-order valence-corrected chi connectivity index (χ4v) is 2.98. The van der Waals surface area contributed by atoms with Crippen molar-refractivity contribution in [1.82, 2.24) is 4.72 Å². The number of benzene rings is 1. The average Bonchev–Trinajstić information content (AvgIpc) is 2.44. The van der Waals surface area contributed by atoms with Crippen LogP contribution in [0.25, 0.3) is 0 Å². The minimum Gasteiger partial charge on any atom is -0.481 e. The van der Waals surface area contributed by atoms with Crippen molar-refractivity contribution < 1.29 is 23.1 Å². The second-order valence-corrected chi connectivity index (χ2v) is 6.40. The lowest BCUT2D eigenvalue weighted by atomic mass is 10.0. The minimum absolute atomic E-state index is 0.104. The number of carbonyl (C=O) groups is 1. The molecule has 1 atom stereocenters. The van der Waals surface area contributed by atoms with Crippen LogP contribution in [0.2, 0.25) is 0 Å². The Hall–Kier alpha value is -1.44. The Labute approximate surface area is 125 Å². The van der Waals surface area contributed by atoms with Crippen molar-refractivity contribution >= 4 is 16.0 Å². The highest BCUT2D eigenvalue weighted by molar-refractivity contribution is 7.89. The Morgan fingerprint density at radius 3 is 2.57 bits per heavy atom. The molecule has 0 fully saturated rings. The molecule has 1 rings (SSSR count). The summed E-state index contributed by atoms with van der Waals surface area (Å²) < 4.78 is 31.6. The van der Waals surface area contributed by atoms with Gasteiger partial charge in [0.25, 0.3) is 0 Å². The van der Waals surface area contributed by atoms with E-state index in [0.29, 0.717) is 6.61 Å². The smallest absolute Gasteiger partial charge is 0.303 e. The van der Waals surface area contributed by atoms with Crippen LogP contribution in [-0.4, -0.2) is 38.5 Å². The number of aliphatic carboxylic acids is 1. The molecule has 7 heteroatoms. The molecule has 0 spiro atoms. The summed E-state index contributed by atoms with van der Waals surface area (Å²) in [4.78, 5) is 10.7. The molecule has 0 saturated heterocycles. The van der Waals surface area contributed by atoms with Crippen molar-refractivity contribution in [3.05, 3.63) is 35.9 Å². The van der Waals surface area contributed by atoms with Gasteiger partial charge in [-0.25, -0.2) is 13.1 Å². The summed E-state index contributed by atoms with van der Waals surface area (Å²) in [6, 6.07) is 8.40. The van der Waals surface area contributed by atoms with Gasteiger partial charge in [0.05, 0.1) is 12.4 Å². The van der Waals surface area contributed by atoms with Crippen molar-refractivity contribution in [2.45, 2.75) is 25.8 Å². The molecule has 1 unspecified atom stereocenters. The third-order valence-electron chi connectivity index (χ3n) is 2.87. The number of rotatable bonds is 10. The van der Waals surface area contributed by atoms with Crippen molar-refractivity contribution in [2.75, 3.05) is 19.0 Å². The Kier molecular flexibility index (Phi) is 7.35. The van der Waals surface area contributed by atoms with E-state index in [1.807, 2.05) is 6.07 Å². The SMILES string of the molecule is CCOCCS(=O)(=O)NC(CCC(=O)O)c1ccccc1. The first-order valence-corrected chi connectivity index (χ1v) is 8.44. The lowest BCUT2D eigenvalue weighted by Crippen LogP contribution is -2.32. The molecule has 21 heavy (non-hydrogen) atoms. The van der Waals surface area contributed by atoms with Gasteiger partial charge in [-0.1, -0.05) is 30.3 Å². The highest BCUT2D eigenvalue weighted by atomic mass is 32.2. The average molecular weight is 315 g/mol. The van der Waals surface area contributed by atoms with Crippen molar-refractivity contribution in [3.63, 3.8) is 0 Å². The molecule has 0 bridgehead atoms. The van der Waals surface area contributed by atoms with Crippen LogP contribution in [0.5, 0.6) is 0 Å². The van der Waals surface area contributed by atoms with Gasteiger partial charge in [-0.3, -0.25) is 4.79 Å². The molecule has 2 N–H and O–H groups in total. The third kappa shape index (κ3) is 7.22. The molecule has 0 aromatic heterocycles. The lowest BCUT2D eigenvalue weighted by molar-refractivity contribution is -0.137. The summed E-state index contributed by atoms with van der Waals surface area (Å²) in [5.41, 5.74) is 0.749. The first kappa shape index (κ1) is 17.6. The van der Waals surface area contributed by atoms with E-state index in [0.717, 1.165) is 5.56 Å². The van der Waals surface area contributed by atoms with Crippen LogP contribution in [-0.2, 0) is 19.6 Å². The maximum atomic E-state index is 12.0. The van der Waals surface area contributed by atoms with Crippen LogP contribution in [0.3, 0.4) is 0 Å². The summed E-state index contributed by atoms with van der Waals surface area (Å²) in [6.07, 6.45) is 0.0980. The van der Waals surface area contributed by atoms with Gasteiger partial charge in [0.2, 0.25) is 10.0 Å². The van der Waals surface area contributed by atoms with Crippen molar-refractivity contribution in [3.8, 4) is 0 Å². The first-order chi connectivity index (χ1) is 9.94. The number of hydrogen-bond donors (Lipinski definition) is 2. The van der Waals surface area contributed by atoms with Gasteiger partial charge in [0, 0.05) is 19.1 Å². The maximum Gasteiger partial charge on any atom is 0.303 e. The van der Waals surface area contributed by atoms with Gasteiger partial charge in [-0.05, 0) is 18.9 Å². The van der Waals surface area contributed by atoms with Gasteiger partial charge in [0.1, 0.15) is 0 Å². The zero-order valence-corrected chi connectivity index (χ0v) is 12.8. The molecule has 0 heterocycles. The van der Waals surface area contributed by atoms with Crippen LogP contribution in [0.15, 0.2) is 30.3 Å². The second-order valence-electron chi connectivity index (χ2n) is 4.53. The number of nitrogens with one attached hydrogen (secondary N) is 1. The summed E-state index contributed by atoms with van der Waals surface area (Å²) in [5, 5.41) is 8.78. The number of hydrogen-bond acceptors (Lipinski definition) is 4. The number of sulfonamides is 1. The number of carboxylic acid groups (broad SMARTS) is 1. The quantitative estimate of drug-likeness (QED) is 0.639. The maximum absolute atomic E-state index is 12.0. The zero-order chi connectivity index (χ0) is 15.7. The van der Waals surface area contributed by atoms with Crippen LogP contribution < -0.4 is 4.72 Å².